The lowest BCUT2D eigenvalue weighted by Gasteiger charge is -1.96. The van der Waals surface area contributed by atoms with Crippen molar-refractivity contribution in [3.05, 3.63) is 50.1 Å². The molecule has 1 aromatic carbocycles. The number of thiazole rings is 1. The van der Waals surface area contributed by atoms with Crippen LogP contribution in [0.5, 0.6) is 0 Å². The third kappa shape index (κ3) is 3.02. The summed E-state index contributed by atoms with van der Waals surface area (Å²) < 4.78 is 13.4. The van der Waals surface area contributed by atoms with Crippen molar-refractivity contribution >= 4 is 45.4 Å². The number of aromatic nitrogens is 1. The molecule has 92 valence electrons. The second kappa shape index (κ2) is 5.41. The monoisotopic (exact) mass is 327 g/mol. The summed E-state index contributed by atoms with van der Waals surface area (Å²) in [6, 6.07) is 4.62. The molecule has 1 N–H and O–H groups in total. The Morgan fingerprint density at radius 2 is 2.22 bits per heavy atom. The van der Waals surface area contributed by atoms with Gasteiger partial charge in [0.1, 0.15) is 15.7 Å². The highest BCUT2D eigenvalue weighted by Gasteiger charge is 2.06. The number of carbonyl (C=O) groups is 1. The fourth-order valence-electron chi connectivity index (χ4n) is 1.25. The van der Waals surface area contributed by atoms with Gasteiger partial charge in [-0.15, -0.1) is 11.3 Å². The van der Waals surface area contributed by atoms with Crippen LogP contribution in [0.3, 0.4) is 0 Å². The molecular formula is C12H7BrFNO2S. The van der Waals surface area contributed by atoms with E-state index < -0.39 is 5.97 Å². The van der Waals surface area contributed by atoms with Crippen LogP contribution in [0.1, 0.15) is 20.2 Å². The van der Waals surface area contributed by atoms with E-state index in [0.29, 0.717) is 9.48 Å². The SMILES string of the molecule is O=C(O)c1cnc(/C=C/c2ccc(F)c(Br)c2)s1. The Hall–Kier alpha value is -1.53. The number of halogens is 2. The minimum atomic E-state index is -0.989. The minimum absolute atomic E-state index is 0.190. The van der Waals surface area contributed by atoms with Crippen LogP contribution >= 0.6 is 27.3 Å². The number of rotatable bonds is 3. The molecule has 0 amide bonds. The first kappa shape index (κ1) is 12.9. The first-order chi connectivity index (χ1) is 8.56. The van der Waals surface area contributed by atoms with Crippen molar-refractivity contribution < 1.29 is 14.3 Å². The van der Waals surface area contributed by atoms with Crippen LogP contribution in [0.15, 0.2) is 28.9 Å². The number of nitrogens with zero attached hydrogens (tertiary/aromatic N) is 1. The highest BCUT2D eigenvalue weighted by molar-refractivity contribution is 9.10. The third-order valence-electron chi connectivity index (χ3n) is 2.10. The standard InChI is InChI=1S/C12H7BrFNO2S/c13-8-5-7(1-3-9(8)14)2-4-11-15-6-10(18-11)12(16)17/h1-6H,(H,16,17)/b4-2+. The van der Waals surface area contributed by atoms with Crippen molar-refractivity contribution in [2.24, 2.45) is 0 Å². The number of carboxylic acids is 1. The molecule has 0 aliphatic carbocycles. The normalized spacial score (nSPS) is 11.0. The Kier molecular flexibility index (Phi) is 3.88. The van der Waals surface area contributed by atoms with Crippen LogP contribution in [-0.4, -0.2) is 16.1 Å². The Balaban J connectivity index is 2.19. The number of carboxylic acid groups (broad SMARTS) is 1. The second-order valence-electron chi connectivity index (χ2n) is 3.37. The van der Waals surface area contributed by atoms with E-state index in [9.17, 15) is 9.18 Å². The predicted octanol–water partition coefficient (Wildman–Crippen LogP) is 3.91. The number of benzene rings is 1. The Bertz CT molecular complexity index is 624. The van der Waals surface area contributed by atoms with Gasteiger partial charge in [0.05, 0.1) is 10.7 Å². The van der Waals surface area contributed by atoms with E-state index >= 15 is 0 Å². The molecule has 3 nitrogen and oxygen atoms in total. The maximum atomic E-state index is 13.0. The molecule has 0 saturated heterocycles. The Morgan fingerprint density at radius 3 is 2.83 bits per heavy atom. The Morgan fingerprint density at radius 1 is 1.44 bits per heavy atom. The lowest BCUT2D eigenvalue weighted by Crippen LogP contribution is -1.89. The zero-order valence-electron chi connectivity index (χ0n) is 8.93. The van der Waals surface area contributed by atoms with E-state index in [2.05, 4.69) is 20.9 Å². The molecule has 2 rings (SSSR count). The topological polar surface area (TPSA) is 50.2 Å². The molecular weight excluding hydrogens is 321 g/mol. The van der Waals surface area contributed by atoms with Crippen molar-refractivity contribution in [2.75, 3.05) is 0 Å². The zero-order valence-corrected chi connectivity index (χ0v) is 11.3. The van der Waals surface area contributed by atoms with Crippen molar-refractivity contribution in [1.29, 1.82) is 0 Å². The van der Waals surface area contributed by atoms with E-state index in [-0.39, 0.29) is 10.7 Å². The highest BCUT2D eigenvalue weighted by atomic mass is 79.9. The van der Waals surface area contributed by atoms with E-state index in [1.54, 1.807) is 24.3 Å². The van der Waals surface area contributed by atoms with E-state index in [1.807, 2.05) is 0 Å². The molecule has 0 spiro atoms. The molecule has 0 aliphatic heterocycles. The van der Waals surface area contributed by atoms with Gasteiger partial charge in [-0.05, 0) is 39.7 Å². The molecule has 1 aromatic heterocycles. The molecule has 1 heterocycles. The first-order valence-electron chi connectivity index (χ1n) is 4.88. The average molecular weight is 328 g/mol. The summed E-state index contributed by atoms with van der Waals surface area (Å²) in [5.41, 5.74) is 0.801. The van der Waals surface area contributed by atoms with Gasteiger partial charge in [-0.2, -0.15) is 0 Å². The zero-order chi connectivity index (χ0) is 13.1. The quantitative estimate of drug-likeness (QED) is 0.929. The fraction of sp³-hybridized carbons (Fsp3) is 0. The van der Waals surface area contributed by atoms with Gasteiger partial charge < -0.3 is 5.11 Å². The molecule has 2 aromatic rings. The summed E-state index contributed by atoms with van der Waals surface area (Å²) in [6.45, 7) is 0. The average Bonchev–Trinajstić information content (AvgIpc) is 2.79. The maximum Gasteiger partial charge on any atom is 0.347 e. The van der Waals surface area contributed by atoms with Gasteiger partial charge in [-0.25, -0.2) is 14.2 Å². The van der Waals surface area contributed by atoms with Gasteiger partial charge >= 0.3 is 5.97 Å². The van der Waals surface area contributed by atoms with Gasteiger partial charge in [0, 0.05) is 0 Å². The molecule has 0 saturated carbocycles. The molecule has 18 heavy (non-hydrogen) atoms. The summed E-state index contributed by atoms with van der Waals surface area (Å²) in [5, 5.41) is 9.34. The summed E-state index contributed by atoms with van der Waals surface area (Å²) in [7, 11) is 0. The Labute approximate surface area is 115 Å². The van der Waals surface area contributed by atoms with Crippen LogP contribution in [0.4, 0.5) is 4.39 Å². The summed E-state index contributed by atoms with van der Waals surface area (Å²) >= 11 is 4.18. The molecule has 0 unspecified atom stereocenters. The van der Waals surface area contributed by atoms with Gasteiger partial charge in [0.2, 0.25) is 0 Å². The van der Waals surface area contributed by atoms with Crippen molar-refractivity contribution in [1.82, 2.24) is 4.98 Å². The third-order valence-corrected chi connectivity index (χ3v) is 3.65. The smallest absolute Gasteiger partial charge is 0.347 e. The first-order valence-corrected chi connectivity index (χ1v) is 6.49. The van der Waals surface area contributed by atoms with Gasteiger partial charge in [0.15, 0.2) is 0 Å². The van der Waals surface area contributed by atoms with Crippen LogP contribution < -0.4 is 0 Å². The molecule has 0 atom stereocenters. The lowest BCUT2D eigenvalue weighted by molar-refractivity contribution is 0.0702. The number of hydrogen-bond acceptors (Lipinski definition) is 3. The second-order valence-corrected chi connectivity index (χ2v) is 5.29. The van der Waals surface area contributed by atoms with Crippen molar-refractivity contribution in [3.63, 3.8) is 0 Å². The van der Waals surface area contributed by atoms with Crippen LogP contribution in [0, 0.1) is 5.82 Å². The summed E-state index contributed by atoms with van der Waals surface area (Å²) in [5.74, 6) is -1.31. The van der Waals surface area contributed by atoms with Crippen LogP contribution in [0.25, 0.3) is 12.2 Å². The van der Waals surface area contributed by atoms with Crippen LogP contribution in [-0.2, 0) is 0 Å². The molecule has 0 aliphatic rings. The molecule has 0 fully saturated rings. The van der Waals surface area contributed by atoms with Crippen molar-refractivity contribution in [3.8, 4) is 0 Å². The summed E-state index contributed by atoms with van der Waals surface area (Å²) in [6.07, 6.45) is 4.75. The largest absolute Gasteiger partial charge is 0.477 e. The fourth-order valence-corrected chi connectivity index (χ4v) is 2.30. The van der Waals surface area contributed by atoms with E-state index in [4.69, 9.17) is 5.11 Å². The van der Waals surface area contributed by atoms with Crippen molar-refractivity contribution in [2.45, 2.75) is 0 Å². The predicted molar refractivity (Wildman–Crippen MR) is 72.1 cm³/mol. The van der Waals surface area contributed by atoms with Gasteiger partial charge in [-0.3, -0.25) is 0 Å². The van der Waals surface area contributed by atoms with Gasteiger partial charge in [0.25, 0.3) is 0 Å². The summed E-state index contributed by atoms with van der Waals surface area (Å²) in [4.78, 5) is 14.8. The lowest BCUT2D eigenvalue weighted by atomic mass is 10.2. The number of hydrogen-bond donors (Lipinski definition) is 1. The minimum Gasteiger partial charge on any atom is -0.477 e. The van der Waals surface area contributed by atoms with E-state index in [0.717, 1.165) is 16.9 Å². The van der Waals surface area contributed by atoms with Crippen LogP contribution in [0.2, 0.25) is 0 Å². The van der Waals surface area contributed by atoms with Gasteiger partial charge in [-0.1, -0.05) is 12.1 Å². The highest BCUT2D eigenvalue weighted by Crippen LogP contribution is 2.20. The molecule has 0 bridgehead atoms. The number of aromatic carboxylic acids is 1. The molecule has 0 radical (unpaired) electrons. The van der Waals surface area contributed by atoms with E-state index in [1.165, 1.54) is 12.3 Å². The molecule has 6 heteroatoms. The maximum absolute atomic E-state index is 13.0.